The van der Waals surface area contributed by atoms with Crippen molar-refractivity contribution in [3.63, 3.8) is 0 Å². The highest BCUT2D eigenvalue weighted by Gasteiger charge is 2.38. The Kier molecular flexibility index (Phi) is 11.5. The molecule has 0 bridgehead atoms. The molecule has 2 fully saturated rings. The van der Waals surface area contributed by atoms with E-state index in [0.717, 1.165) is 61.0 Å². The number of benzene rings is 4. The smallest absolute Gasteiger partial charge is 0.335 e. The number of aromatic carboxylic acids is 1. The Morgan fingerprint density at radius 2 is 1.59 bits per heavy atom. The minimum absolute atomic E-state index is 0.0378. The lowest BCUT2D eigenvalue weighted by molar-refractivity contribution is -0.119. The van der Waals surface area contributed by atoms with Gasteiger partial charge in [-0.1, -0.05) is 35.9 Å². The molecule has 1 amide bonds. The van der Waals surface area contributed by atoms with E-state index >= 15 is 4.39 Å². The maximum absolute atomic E-state index is 15.2. The van der Waals surface area contributed by atoms with E-state index in [1.165, 1.54) is 36.4 Å². The van der Waals surface area contributed by atoms with Crippen molar-refractivity contribution in [3.05, 3.63) is 117 Å². The van der Waals surface area contributed by atoms with Gasteiger partial charge in [-0.15, -0.1) is 0 Å². The number of ether oxygens (including phenoxy) is 1. The summed E-state index contributed by atoms with van der Waals surface area (Å²) in [6.07, 6.45) is 3.95. The summed E-state index contributed by atoms with van der Waals surface area (Å²) >= 11 is 5.79. The van der Waals surface area contributed by atoms with E-state index in [1.807, 2.05) is 12.1 Å². The zero-order valence-electron chi connectivity index (χ0n) is 28.9. The van der Waals surface area contributed by atoms with Crippen LogP contribution in [0, 0.1) is 29.1 Å². The first-order valence-electron chi connectivity index (χ1n) is 17.2. The van der Waals surface area contributed by atoms with Crippen LogP contribution in [0.4, 0.5) is 33.3 Å². The molecule has 0 radical (unpaired) electrons. The summed E-state index contributed by atoms with van der Waals surface area (Å²) in [5.74, 6) is -12.3. The monoisotopic (exact) mass is 791 g/mol. The first-order valence-corrected chi connectivity index (χ1v) is 19.0. The Hall–Kier alpha value is -4.73. The number of halogens is 6. The van der Waals surface area contributed by atoms with Crippen LogP contribution in [-0.4, -0.2) is 55.9 Å². The highest BCUT2D eigenvalue weighted by atomic mass is 35.5. The van der Waals surface area contributed by atoms with Gasteiger partial charge in [-0.2, -0.15) is 4.31 Å². The second-order valence-corrected chi connectivity index (χ2v) is 15.3. The molecule has 9 nitrogen and oxygen atoms in total. The van der Waals surface area contributed by atoms with E-state index in [-0.39, 0.29) is 40.0 Å². The SMILES string of the molecule is CCOc1cc(C(=O)O)ccc1N(Cc1cc(C2CC2)cc(N2CCCC2)c1)C(=O)CN(Cc1ccccc1F)S(=O)(=O)c1c(F)c(F)c(F)c(F)c1Cl. The lowest BCUT2D eigenvalue weighted by Crippen LogP contribution is -2.43. The number of carboxylic acid groups (broad SMARTS) is 1. The van der Waals surface area contributed by atoms with Gasteiger partial charge in [0.25, 0.3) is 0 Å². The van der Waals surface area contributed by atoms with Crippen LogP contribution in [0.15, 0.2) is 65.6 Å². The predicted octanol–water partition coefficient (Wildman–Crippen LogP) is 8.03. The summed E-state index contributed by atoms with van der Waals surface area (Å²) in [6.45, 7) is 1.00. The van der Waals surface area contributed by atoms with Crippen molar-refractivity contribution in [1.29, 1.82) is 0 Å². The molecule has 1 heterocycles. The molecule has 4 aromatic carbocycles. The second-order valence-electron chi connectivity index (χ2n) is 13.1. The van der Waals surface area contributed by atoms with E-state index in [9.17, 15) is 40.7 Å². The van der Waals surface area contributed by atoms with E-state index in [1.54, 1.807) is 6.92 Å². The number of hydrogen-bond acceptors (Lipinski definition) is 6. The average molecular weight is 792 g/mol. The third-order valence-corrected chi connectivity index (χ3v) is 11.6. The molecule has 1 aliphatic heterocycles. The van der Waals surface area contributed by atoms with Crippen LogP contribution in [0.25, 0.3) is 0 Å². The van der Waals surface area contributed by atoms with Crippen LogP contribution in [0.1, 0.15) is 65.6 Å². The maximum Gasteiger partial charge on any atom is 0.335 e. The Balaban J connectivity index is 1.48. The zero-order valence-corrected chi connectivity index (χ0v) is 30.5. The molecule has 286 valence electrons. The molecule has 1 N–H and O–H groups in total. The molecular formula is C38H35ClF5N3O6S. The molecule has 0 unspecified atom stereocenters. The third kappa shape index (κ3) is 8.03. The number of carbonyl (C=O) groups excluding carboxylic acids is 1. The standard InChI is InChI=1S/C38H35ClF5N3O6S/c1-2-53-30-18-24(38(49)50)11-12-29(30)47(19-22-15-26(23-9-10-23)17-27(16-22)45-13-5-6-14-45)31(48)21-46(20-25-7-3-4-8-28(25)40)54(51,52)37-32(39)33(41)34(42)35(43)36(37)44/h3-4,7-8,11-12,15-18,23H,2,5-6,9-10,13-14,19-21H2,1H3,(H,49,50). The summed E-state index contributed by atoms with van der Waals surface area (Å²) in [5.41, 5.74) is 2.18. The summed E-state index contributed by atoms with van der Waals surface area (Å²) < 4.78 is 108. The number of rotatable bonds is 14. The normalized spacial score (nSPS) is 14.5. The van der Waals surface area contributed by atoms with Crippen LogP contribution in [-0.2, 0) is 27.9 Å². The average Bonchev–Trinajstić information content (AvgIpc) is 3.85. The van der Waals surface area contributed by atoms with Crippen LogP contribution in [0.5, 0.6) is 5.75 Å². The number of carboxylic acids is 1. The van der Waals surface area contributed by atoms with Crippen LogP contribution >= 0.6 is 11.6 Å². The minimum atomic E-state index is -5.54. The molecule has 4 aromatic rings. The van der Waals surface area contributed by atoms with Gasteiger partial charge in [-0.05, 0) is 86.1 Å². The van der Waals surface area contributed by atoms with Crippen LogP contribution in [0.3, 0.4) is 0 Å². The number of carbonyl (C=O) groups is 2. The molecule has 0 atom stereocenters. The number of hydrogen-bond donors (Lipinski definition) is 1. The first-order chi connectivity index (χ1) is 25.7. The van der Waals surface area contributed by atoms with Gasteiger partial charge in [0.2, 0.25) is 15.9 Å². The Morgan fingerprint density at radius 3 is 2.24 bits per heavy atom. The molecule has 1 aliphatic carbocycles. The predicted molar refractivity (Wildman–Crippen MR) is 191 cm³/mol. The van der Waals surface area contributed by atoms with Crippen molar-refractivity contribution < 1.29 is 49.8 Å². The minimum Gasteiger partial charge on any atom is -0.492 e. The van der Waals surface area contributed by atoms with E-state index in [2.05, 4.69) is 11.0 Å². The van der Waals surface area contributed by atoms with Gasteiger partial charge in [0.1, 0.15) is 21.5 Å². The fourth-order valence-corrected chi connectivity index (χ4v) is 8.39. The van der Waals surface area contributed by atoms with Crippen molar-refractivity contribution in [2.45, 2.75) is 56.5 Å². The molecule has 0 spiro atoms. The number of nitrogens with zero attached hydrogens (tertiary/aromatic N) is 3. The molecule has 1 saturated carbocycles. The van der Waals surface area contributed by atoms with Crippen molar-refractivity contribution in [1.82, 2.24) is 4.31 Å². The van der Waals surface area contributed by atoms with Gasteiger partial charge in [0.15, 0.2) is 23.3 Å². The van der Waals surface area contributed by atoms with Gasteiger partial charge in [0, 0.05) is 30.9 Å². The summed E-state index contributed by atoms with van der Waals surface area (Å²) in [7, 11) is -5.54. The summed E-state index contributed by atoms with van der Waals surface area (Å²) in [5, 5.41) is 8.08. The van der Waals surface area contributed by atoms with Crippen molar-refractivity contribution >= 4 is 44.9 Å². The third-order valence-electron chi connectivity index (χ3n) is 9.34. The van der Waals surface area contributed by atoms with Gasteiger partial charge >= 0.3 is 5.97 Å². The highest BCUT2D eigenvalue weighted by Crippen LogP contribution is 2.43. The molecule has 54 heavy (non-hydrogen) atoms. The van der Waals surface area contributed by atoms with Crippen LogP contribution in [0.2, 0.25) is 5.02 Å². The zero-order chi connectivity index (χ0) is 38.9. The Bertz CT molecular complexity index is 2190. The molecule has 16 heteroatoms. The van der Waals surface area contributed by atoms with E-state index < -0.39 is 74.0 Å². The number of anilines is 2. The number of sulfonamides is 1. The highest BCUT2D eigenvalue weighted by molar-refractivity contribution is 7.89. The molecule has 6 rings (SSSR count). The quantitative estimate of drug-likeness (QED) is 0.0783. The van der Waals surface area contributed by atoms with Crippen LogP contribution < -0.4 is 14.5 Å². The first kappa shape index (κ1) is 39.0. The fourth-order valence-electron chi connectivity index (χ4n) is 6.45. The van der Waals surface area contributed by atoms with Gasteiger partial charge in [0.05, 0.1) is 30.9 Å². The van der Waals surface area contributed by atoms with E-state index in [4.69, 9.17) is 16.3 Å². The van der Waals surface area contributed by atoms with Gasteiger partial charge in [-0.3, -0.25) is 4.79 Å². The number of amides is 1. The topological polar surface area (TPSA) is 107 Å². The second kappa shape index (κ2) is 15.9. The molecular weight excluding hydrogens is 757 g/mol. The van der Waals surface area contributed by atoms with Gasteiger partial charge in [-0.25, -0.2) is 35.2 Å². The fraction of sp³-hybridized carbons (Fsp3) is 0.316. The van der Waals surface area contributed by atoms with Crippen molar-refractivity contribution in [2.24, 2.45) is 0 Å². The maximum atomic E-state index is 15.2. The Labute approximate surface area is 313 Å². The summed E-state index contributed by atoms with van der Waals surface area (Å²) in [4.78, 5) is 28.1. The lowest BCUT2D eigenvalue weighted by Gasteiger charge is -2.30. The molecule has 0 aromatic heterocycles. The van der Waals surface area contributed by atoms with Gasteiger partial charge < -0.3 is 19.6 Å². The molecule has 1 saturated heterocycles. The summed E-state index contributed by atoms with van der Waals surface area (Å²) in [6, 6.07) is 14.5. The Morgan fingerprint density at radius 1 is 0.907 bits per heavy atom. The van der Waals surface area contributed by atoms with E-state index in [0.29, 0.717) is 11.5 Å². The molecule has 2 aliphatic rings. The largest absolute Gasteiger partial charge is 0.492 e. The lowest BCUT2D eigenvalue weighted by atomic mass is 10.0. The van der Waals surface area contributed by atoms with Crippen molar-refractivity contribution in [2.75, 3.05) is 36.0 Å². The van der Waals surface area contributed by atoms with Crippen molar-refractivity contribution in [3.8, 4) is 5.75 Å².